The Kier molecular flexibility index (Phi) is 4.28. The Bertz CT molecular complexity index is 904. The zero-order valence-electron chi connectivity index (χ0n) is 16.2. The lowest BCUT2D eigenvalue weighted by Gasteiger charge is -2.41. The number of benzene rings is 1. The second-order valence-electron chi connectivity index (χ2n) is 7.87. The van der Waals surface area contributed by atoms with Gasteiger partial charge in [0.25, 0.3) is 5.91 Å². The number of aliphatic imine (C=N–C) groups is 3. The van der Waals surface area contributed by atoms with E-state index in [9.17, 15) is 4.79 Å². The summed E-state index contributed by atoms with van der Waals surface area (Å²) in [4.78, 5) is 33.6. The maximum atomic E-state index is 13.0. The summed E-state index contributed by atoms with van der Waals surface area (Å²) < 4.78 is 0. The van der Waals surface area contributed by atoms with E-state index in [0.717, 1.165) is 44.2 Å². The second-order valence-corrected chi connectivity index (χ2v) is 8.88. The van der Waals surface area contributed by atoms with Crippen molar-refractivity contribution in [2.45, 2.75) is 25.0 Å². The summed E-state index contributed by atoms with van der Waals surface area (Å²) in [5.41, 5.74) is 2.00. The molecule has 4 aliphatic rings. The molecule has 4 heterocycles. The highest BCUT2D eigenvalue weighted by atomic mass is 32.2. The average Bonchev–Trinajstić information content (AvgIpc) is 3.34. The summed E-state index contributed by atoms with van der Waals surface area (Å²) in [6.07, 6.45) is 2.64. The van der Waals surface area contributed by atoms with Crippen molar-refractivity contribution in [3.8, 4) is 0 Å². The third-order valence-electron chi connectivity index (χ3n) is 6.11. The first kappa shape index (κ1) is 17.9. The van der Waals surface area contributed by atoms with Crippen LogP contribution >= 0.6 is 11.8 Å². The molecular weight excluding hydrogens is 372 g/mol. The molecule has 2 atom stereocenters. The van der Waals surface area contributed by atoms with Gasteiger partial charge in [-0.15, -0.1) is 0 Å². The second kappa shape index (κ2) is 6.70. The molecule has 0 spiro atoms. The number of fused-ring (bicyclic) bond motifs is 2. The number of para-hydroxylation sites is 1. The first-order valence-electron chi connectivity index (χ1n) is 9.77. The van der Waals surface area contributed by atoms with Gasteiger partial charge in [0.05, 0.1) is 0 Å². The number of anilines is 1. The molecule has 5 rings (SSSR count). The molecule has 0 aliphatic carbocycles. The largest absolute Gasteiger partial charge is 0.345 e. The van der Waals surface area contributed by atoms with Crippen LogP contribution in [0.3, 0.4) is 0 Å². The quantitative estimate of drug-likeness (QED) is 0.760. The number of likely N-dealkylation sites (N-methyl/N-ethyl adjacent to an activating group) is 1. The zero-order valence-corrected chi connectivity index (χ0v) is 17.0. The number of carbonyl (C=O) groups is 1. The van der Waals surface area contributed by atoms with Crippen LogP contribution in [0.4, 0.5) is 5.69 Å². The summed E-state index contributed by atoms with van der Waals surface area (Å²) in [7, 11) is 2.09. The van der Waals surface area contributed by atoms with Gasteiger partial charge in [-0.05, 0) is 43.8 Å². The van der Waals surface area contributed by atoms with Gasteiger partial charge in [-0.25, -0.2) is 9.98 Å². The minimum absolute atomic E-state index is 0.0272. The van der Waals surface area contributed by atoms with Crippen molar-refractivity contribution < 1.29 is 4.79 Å². The highest BCUT2D eigenvalue weighted by Gasteiger charge is 2.50. The fourth-order valence-corrected chi connectivity index (χ4v) is 5.41. The molecule has 0 bridgehead atoms. The lowest BCUT2D eigenvalue weighted by Crippen LogP contribution is -2.55. The van der Waals surface area contributed by atoms with Gasteiger partial charge in [-0.2, -0.15) is 0 Å². The van der Waals surface area contributed by atoms with Crippen LogP contribution in [0.5, 0.6) is 0 Å². The fraction of sp³-hybridized carbons (Fsp3) is 0.500. The third-order valence-corrected chi connectivity index (χ3v) is 7.12. The number of amides is 1. The molecule has 28 heavy (non-hydrogen) atoms. The molecule has 4 aliphatic heterocycles. The predicted octanol–water partition coefficient (Wildman–Crippen LogP) is 1.49. The average molecular weight is 397 g/mol. The van der Waals surface area contributed by atoms with Crippen LogP contribution in [-0.4, -0.2) is 83.6 Å². The van der Waals surface area contributed by atoms with Gasteiger partial charge in [-0.1, -0.05) is 18.2 Å². The van der Waals surface area contributed by atoms with Crippen LogP contribution in [0.2, 0.25) is 0 Å². The van der Waals surface area contributed by atoms with Crippen molar-refractivity contribution in [1.82, 2.24) is 9.80 Å². The van der Waals surface area contributed by atoms with Crippen molar-refractivity contribution in [3.05, 3.63) is 29.8 Å². The van der Waals surface area contributed by atoms with Gasteiger partial charge in [-0.3, -0.25) is 9.79 Å². The van der Waals surface area contributed by atoms with E-state index in [0.29, 0.717) is 5.04 Å². The van der Waals surface area contributed by atoms with Crippen LogP contribution in [0, 0.1) is 0 Å². The van der Waals surface area contributed by atoms with Crippen LogP contribution in [0.1, 0.15) is 12.5 Å². The van der Waals surface area contributed by atoms with Gasteiger partial charge < -0.3 is 14.7 Å². The first-order valence-corrected chi connectivity index (χ1v) is 10.6. The highest BCUT2D eigenvalue weighted by Crippen LogP contribution is 2.41. The van der Waals surface area contributed by atoms with Crippen molar-refractivity contribution in [2.24, 2.45) is 15.0 Å². The van der Waals surface area contributed by atoms with Crippen LogP contribution in [0.15, 0.2) is 39.2 Å². The number of piperazine rings is 1. The molecular formula is C20H24N6OS. The van der Waals surface area contributed by atoms with E-state index >= 15 is 0 Å². The molecule has 0 saturated carbocycles. The van der Waals surface area contributed by atoms with Crippen molar-refractivity contribution in [3.63, 3.8) is 0 Å². The molecule has 1 saturated heterocycles. The SMILES string of the molecule is CN1CCN(C(=O)C2=NC3C(=NC=NC3(C)N3CCc4ccccc43)S2)CC1. The lowest BCUT2D eigenvalue weighted by atomic mass is 10.0. The molecule has 0 aromatic heterocycles. The summed E-state index contributed by atoms with van der Waals surface area (Å²) in [5, 5.41) is 1.43. The highest BCUT2D eigenvalue weighted by molar-refractivity contribution is 8.28. The Labute approximate surface area is 169 Å². The number of nitrogens with zero attached hydrogens (tertiary/aromatic N) is 6. The number of thioether (sulfide) groups is 1. The van der Waals surface area contributed by atoms with E-state index < -0.39 is 5.66 Å². The minimum Gasteiger partial charge on any atom is -0.345 e. The van der Waals surface area contributed by atoms with E-state index in [2.05, 4.69) is 53.0 Å². The Morgan fingerprint density at radius 3 is 2.79 bits per heavy atom. The molecule has 1 fully saturated rings. The van der Waals surface area contributed by atoms with Crippen molar-refractivity contribution in [1.29, 1.82) is 0 Å². The summed E-state index contributed by atoms with van der Waals surface area (Å²) in [6, 6.07) is 8.24. The van der Waals surface area contributed by atoms with Crippen LogP contribution in [0.25, 0.3) is 0 Å². The topological polar surface area (TPSA) is 63.9 Å². The van der Waals surface area contributed by atoms with Crippen molar-refractivity contribution in [2.75, 3.05) is 44.7 Å². The van der Waals surface area contributed by atoms with Crippen LogP contribution in [-0.2, 0) is 11.2 Å². The van der Waals surface area contributed by atoms with Gasteiger partial charge in [0.1, 0.15) is 17.4 Å². The molecule has 0 N–H and O–H groups in total. The number of carbonyl (C=O) groups excluding carboxylic acids is 1. The van der Waals surface area contributed by atoms with Gasteiger partial charge >= 0.3 is 0 Å². The Morgan fingerprint density at radius 1 is 1.18 bits per heavy atom. The minimum atomic E-state index is -0.555. The predicted molar refractivity (Wildman–Crippen MR) is 115 cm³/mol. The standard InChI is InChI=1S/C20H24N6OS/c1-20(26-8-7-14-5-3-4-6-15(14)26)16-17(21-13-22-20)28-18(23-16)19(27)25-11-9-24(2)10-12-25/h3-6,13,16H,7-12H2,1-2H3. The number of rotatable bonds is 2. The van der Waals surface area contributed by atoms with Gasteiger partial charge in [0, 0.05) is 38.4 Å². The van der Waals surface area contributed by atoms with E-state index in [1.807, 2.05) is 4.90 Å². The summed E-state index contributed by atoms with van der Waals surface area (Å²) in [5.74, 6) is 0.0272. The molecule has 2 unspecified atom stereocenters. The Hall–Kier alpha value is -2.19. The molecule has 1 aromatic carbocycles. The van der Waals surface area contributed by atoms with E-state index in [1.165, 1.54) is 23.0 Å². The Morgan fingerprint density at radius 2 is 1.96 bits per heavy atom. The van der Waals surface area contributed by atoms with Crippen molar-refractivity contribution >= 4 is 39.8 Å². The number of hydrogen-bond acceptors (Lipinski definition) is 7. The first-order chi connectivity index (χ1) is 13.6. The normalized spacial score (nSPS) is 29.4. The number of hydrogen-bond donors (Lipinski definition) is 0. The third kappa shape index (κ3) is 2.78. The van der Waals surface area contributed by atoms with E-state index in [-0.39, 0.29) is 11.9 Å². The molecule has 146 valence electrons. The monoisotopic (exact) mass is 396 g/mol. The molecule has 1 amide bonds. The van der Waals surface area contributed by atoms with E-state index in [1.54, 1.807) is 6.34 Å². The molecule has 8 heteroatoms. The zero-order chi connectivity index (χ0) is 19.3. The molecule has 1 aromatic rings. The van der Waals surface area contributed by atoms with Gasteiger partial charge in [0.15, 0.2) is 10.7 Å². The summed E-state index contributed by atoms with van der Waals surface area (Å²) >= 11 is 1.42. The molecule has 7 nitrogen and oxygen atoms in total. The van der Waals surface area contributed by atoms with Gasteiger partial charge in [0.2, 0.25) is 0 Å². The molecule has 0 radical (unpaired) electrons. The summed E-state index contributed by atoms with van der Waals surface area (Å²) in [6.45, 7) is 6.31. The lowest BCUT2D eigenvalue weighted by molar-refractivity contribution is -0.125. The smallest absolute Gasteiger partial charge is 0.279 e. The maximum absolute atomic E-state index is 13.0. The fourth-order valence-electron chi connectivity index (χ4n) is 4.35. The maximum Gasteiger partial charge on any atom is 0.279 e. The van der Waals surface area contributed by atoms with Crippen LogP contribution < -0.4 is 4.90 Å². The van der Waals surface area contributed by atoms with E-state index in [4.69, 9.17) is 9.98 Å². The Balaban J connectivity index is 1.43.